The molecule has 2 bridgehead atoms. The molecular formula is C29H36N2O3. The van der Waals surface area contributed by atoms with Gasteiger partial charge in [0.1, 0.15) is 5.75 Å². The molecule has 5 aliphatic rings. The molecule has 1 unspecified atom stereocenters. The third-order valence-electron chi connectivity index (χ3n) is 8.84. The molecule has 0 radical (unpaired) electrons. The summed E-state index contributed by atoms with van der Waals surface area (Å²) in [5.41, 5.74) is 5.11. The van der Waals surface area contributed by atoms with Gasteiger partial charge >= 0.3 is 6.09 Å². The van der Waals surface area contributed by atoms with E-state index in [2.05, 4.69) is 35.2 Å². The van der Waals surface area contributed by atoms with Crippen molar-refractivity contribution in [2.75, 3.05) is 19.6 Å². The SMILES string of the molecule is CC(C)Oc1ccc(-c2ccc3c(c2)CCC2(CC2)[C@@H]3N(C(=O)O)C2CN3CCC2CC3)cc1. The lowest BCUT2D eigenvalue weighted by atomic mass is 9.73. The molecule has 1 spiro atoms. The van der Waals surface area contributed by atoms with E-state index in [9.17, 15) is 9.90 Å². The minimum Gasteiger partial charge on any atom is -0.491 e. The summed E-state index contributed by atoms with van der Waals surface area (Å²) in [4.78, 5) is 17.2. The quantitative estimate of drug-likeness (QED) is 0.596. The van der Waals surface area contributed by atoms with Crippen LogP contribution in [-0.2, 0) is 6.42 Å². The number of benzene rings is 2. The second-order valence-corrected chi connectivity index (χ2v) is 11.3. The fourth-order valence-corrected chi connectivity index (χ4v) is 6.94. The fourth-order valence-electron chi connectivity index (χ4n) is 6.94. The summed E-state index contributed by atoms with van der Waals surface area (Å²) in [5, 5.41) is 10.5. The molecule has 34 heavy (non-hydrogen) atoms. The zero-order chi connectivity index (χ0) is 23.4. The molecule has 3 heterocycles. The van der Waals surface area contributed by atoms with Crippen molar-refractivity contribution in [1.29, 1.82) is 0 Å². The molecule has 2 aromatic carbocycles. The molecule has 180 valence electrons. The van der Waals surface area contributed by atoms with Crippen molar-refractivity contribution < 1.29 is 14.6 Å². The van der Waals surface area contributed by atoms with Crippen LogP contribution in [0.1, 0.15) is 63.1 Å². The van der Waals surface area contributed by atoms with E-state index in [1.54, 1.807) is 0 Å². The number of amides is 1. The molecule has 1 saturated carbocycles. The number of fused-ring (bicyclic) bond motifs is 4. The van der Waals surface area contributed by atoms with Crippen LogP contribution >= 0.6 is 0 Å². The van der Waals surface area contributed by atoms with Gasteiger partial charge in [0.05, 0.1) is 18.2 Å². The normalized spacial score (nSPS) is 28.6. The third kappa shape index (κ3) is 3.78. The predicted molar refractivity (Wildman–Crippen MR) is 133 cm³/mol. The van der Waals surface area contributed by atoms with Gasteiger partial charge in [0, 0.05) is 6.54 Å². The van der Waals surface area contributed by atoms with Crippen LogP contribution in [0.25, 0.3) is 11.1 Å². The number of carbonyl (C=O) groups is 1. The summed E-state index contributed by atoms with van der Waals surface area (Å²) in [6.07, 6.45) is 6.15. The lowest BCUT2D eigenvalue weighted by Crippen LogP contribution is -2.60. The summed E-state index contributed by atoms with van der Waals surface area (Å²) in [6.45, 7) is 7.24. The molecule has 1 N–H and O–H groups in total. The van der Waals surface area contributed by atoms with E-state index in [0.717, 1.165) is 63.9 Å². The highest BCUT2D eigenvalue weighted by molar-refractivity contribution is 5.69. The lowest BCUT2D eigenvalue weighted by Gasteiger charge is -2.52. The molecule has 2 atom stereocenters. The first-order chi connectivity index (χ1) is 16.4. The van der Waals surface area contributed by atoms with Crippen molar-refractivity contribution in [2.24, 2.45) is 11.3 Å². The lowest BCUT2D eigenvalue weighted by molar-refractivity contribution is -0.0243. The highest BCUT2D eigenvalue weighted by atomic mass is 16.5. The molecule has 3 saturated heterocycles. The first-order valence-corrected chi connectivity index (χ1v) is 13.1. The topological polar surface area (TPSA) is 53.0 Å². The number of carboxylic acid groups (broad SMARTS) is 1. The fraction of sp³-hybridized carbons (Fsp3) is 0.552. The van der Waals surface area contributed by atoms with Crippen LogP contribution in [0.5, 0.6) is 5.75 Å². The van der Waals surface area contributed by atoms with Crippen molar-refractivity contribution >= 4 is 6.09 Å². The largest absolute Gasteiger partial charge is 0.491 e. The Balaban J connectivity index is 1.34. The summed E-state index contributed by atoms with van der Waals surface area (Å²) in [5.74, 6) is 1.40. The Bertz CT molecular complexity index is 1070. The Morgan fingerprint density at radius 3 is 2.35 bits per heavy atom. The van der Waals surface area contributed by atoms with E-state index in [1.165, 1.54) is 22.3 Å². The average molecular weight is 461 g/mol. The summed E-state index contributed by atoms with van der Waals surface area (Å²) >= 11 is 0. The average Bonchev–Trinajstić information content (AvgIpc) is 3.61. The van der Waals surface area contributed by atoms with Gasteiger partial charge in [0.15, 0.2) is 0 Å². The maximum Gasteiger partial charge on any atom is 0.408 e. The van der Waals surface area contributed by atoms with Crippen molar-refractivity contribution in [3.63, 3.8) is 0 Å². The van der Waals surface area contributed by atoms with Gasteiger partial charge in [0.25, 0.3) is 0 Å². The molecule has 2 aromatic rings. The Morgan fingerprint density at radius 1 is 1.06 bits per heavy atom. The standard InChI is InChI=1S/C29H36N2O3/c1-19(2)34-24-6-3-20(4-7-24)22-5-8-25-23(17-22)9-12-29(13-14-29)27(25)31(28(32)33)26-18-30-15-10-21(26)11-16-30/h3-8,17,19,21,26-27H,9-16,18H2,1-2H3,(H,32,33)/t26?,27-/m1/s1. The van der Waals surface area contributed by atoms with Gasteiger partial charge < -0.3 is 14.7 Å². The van der Waals surface area contributed by atoms with Crippen LogP contribution in [0.3, 0.4) is 0 Å². The molecule has 1 amide bonds. The second kappa shape index (κ2) is 8.30. The molecule has 2 aliphatic carbocycles. The second-order valence-electron chi connectivity index (χ2n) is 11.3. The van der Waals surface area contributed by atoms with Crippen LogP contribution in [0, 0.1) is 11.3 Å². The van der Waals surface area contributed by atoms with Gasteiger partial charge in [0.2, 0.25) is 0 Å². The third-order valence-corrected chi connectivity index (χ3v) is 8.84. The van der Waals surface area contributed by atoms with E-state index in [1.807, 2.05) is 30.9 Å². The Hall–Kier alpha value is -2.53. The molecule has 0 aromatic heterocycles. The monoisotopic (exact) mass is 460 g/mol. The van der Waals surface area contributed by atoms with Crippen molar-refractivity contribution in [3.05, 3.63) is 53.6 Å². The number of hydrogen-bond acceptors (Lipinski definition) is 3. The highest BCUT2D eigenvalue weighted by Crippen LogP contribution is 2.63. The summed E-state index contributed by atoms with van der Waals surface area (Å²) in [7, 11) is 0. The molecular weight excluding hydrogens is 424 g/mol. The number of aryl methyl sites for hydroxylation is 1. The molecule has 7 rings (SSSR count). The van der Waals surface area contributed by atoms with Crippen LogP contribution in [-0.4, -0.2) is 52.8 Å². The summed E-state index contributed by atoms with van der Waals surface area (Å²) in [6, 6.07) is 15.2. The molecule has 5 heteroatoms. The highest BCUT2D eigenvalue weighted by Gasteiger charge is 2.57. The number of hydrogen-bond donors (Lipinski definition) is 1. The first-order valence-electron chi connectivity index (χ1n) is 13.1. The maximum atomic E-state index is 12.8. The van der Waals surface area contributed by atoms with E-state index < -0.39 is 6.09 Å². The Morgan fingerprint density at radius 2 is 1.76 bits per heavy atom. The number of nitrogens with zero attached hydrogens (tertiary/aromatic N) is 2. The van der Waals surface area contributed by atoms with Crippen LogP contribution in [0.2, 0.25) is 0 Å². The first kappa shape index (κ1) is 22.0. The number of piperidine rings is 3. The minimum absolute atomic E-state index is 0.00447. The van der Waals surface area contributed by atoms with Gasteiger partial charge in [-0.3, -0.25) is 4.90 Å². The molecule has 3 aliphatic heterocycles. The van der Waals surface area contributed by atoms with Crippen molar-refractivity contribution in [1.82, 2.24) is 9.80 Å². The smallest absolute Gasteiger partial charge is 0.408 e. The Kier molecular flexibility index (Phi) is 5.36. The minimum atomic E-state index is -0.729. The van der Waals surface area contributed by atoms with E-state index in [0.29, 0.717) is 5.92 Å². The van der Waals surface area contributed by atoms with E-state index in [4.69, 9.17) is 4.74 Å². The maximum absolute atomic E-state index is 12.8. The van der Waals surface area contributed by atoms with Crippen LogP contribution < -0.4 is 4.74 Å². The zero-order valence-electron chi connectivity index (χ0n) is 20.4. The van der Waals surface area contributed by atoms with Gasteiger partial charge in [-0.05, 0) is 111 Å². The van der Waals surface area contributed by atoms with Crippen LogP contribution in [0.4, 0.5) is 4.79 Å². The van der Waals surface area contributed by atoms with Gasteiger partial charge in [-0.1, -0.05) is 30.3 Å². The van der Waals surface area contributed by atoms with Gasteiger partial charge in [-0.2, -0.15) is 0 Å². The summed E-state index contributed by atoms with van der Waals surface area (Å²) < 4.78 is 5.80. The van der Waals surface area contributed by atoms with Crippen molar-refractivity contribution in [3.8, 4) is 16.9 Å². The van der Waals surface area contributed by atoms with Gasteiger partial charge in [-0.25, -0.2) is 4.79 Å². The van der Waals surface area contributed by atoms with Crippen molar-refractivity contribution in [2.45, 2.75) is 70.6 Å². The molecule has 4 fully saturated rings. The van der Waals surface area contributed by atoms with E-state index >= 15 is 0 Å². The number of ether oxygens (including phenoxy) is 1. The Labute approximate surface area is 202 Å². The van der Waals surface area contributed by atoms with Crippen LogP contribution in [0.15, 0.2) is 42.5 Å². The van der Waals surface area contributed by atoms with Gasteiger partial charge in [-0.15, -0.1) is 0 Å². The molecule has 5 nitrogen and oxygen atoms in total. The predicted octanol–water partition coefficient (Wildman–Crippen LogP) is 5.98. The number of rotatable bonds is 5. The zero-order valence-corrected chi connectivity index (χ0v) is 20.4. The van der Waals surface area contributed by atoms with E-state index in [-0.39, 0.29) is 23.6 Å².